The van der Waals surface area contributed by atoms with Gasteiger partial charge in [-0.3, -0.25) is 4.79 Å². The molecule has 3 nitrogen and oxygen atoms in total. The molecule has 1 aromatic rings. The van der Waals surface area contributed by atoms with E-state index in [1.165, 1.54) is 22.4 Å². The quantitative estimate of drug-likeness (QED) is 0.777. The molecule has 1 aliphatic rings. The minimum atomic E-state index is 0.0399. The number of nitrogens with zero attached hydrogens (tertiary/aromatic N) is 2. The molecule has 0 aromatic heterocycles. The van der Waals surface area contributed by atoms with Gasteiger partial charge in [-0.25, -0.2) is 0 Å². The molecule has 1 fully saturated rings. The fraction of sp³-hybridized carbons (Fsp3) is 0.533. The van der Waals surface area contributed by atoms with E-state index in [4.69, 9.17) is 11.6 Å². The first kappa shape index (κ1) is 14.2. The maximum absolute atomic E-state index is 11.6. The highest BCUT2D eigenvalue weighted by molar-refractivity contribution is 6.27. The Balaban J connectivity index is 2.10. The molecule has 19 heavy (non-hydrogen) atoms. The maximum atomic E-state index is 11.6. The maximum Gasteiger partial charge on any atom is 0.237 e. The zero-order valence-corrected chi connectivity index (χ0v) is 12.6. The number of benzene rings is 1. The number of alkyl halides is 1. The number of hydrogen-bond acceptors (Lipinski definition) is 2. The van der Waals surface area contributed by atoms with Crippen molar-refractivity contribution in [2.24, 2.45) is 0 Å². The molecule has 2 rings (SSSR count). The molecule has 4 heteroatoms. The fourth-order valence-corrected chi connectivity index (χ4v) is 2.74. The lowest BCUT2D eigenvalue weighted by Gasteiger charge is -2.36. The third-order valence-corrected chi connectivity index (χ3v) is 4.13. The second kappa shape index (κ2) is 5.83. The number of halogens is 1. The third-order valence-electron chi connectivity index (χ3n) is 3.90. The zero-order chi connectivity index (χ0) is 14.0. The highest BCUT2D eigenvalue weighted by Crippen LogP contribution is 2.25. The number of piperazine rings is 1. The van der Waals surface area contributed by atoms with Gasteiger partial charge in [0, 0.05) is 31.9 Å². The summed E-state index contributed by atoms with van der Waals surface area (Å²) < 4.78 is 0. The van der Waals surface area contributed by atoms with Crippen LogP contribution in [0.1, 0.15) is 16.7 Å². The van der Waals surface area contributed by atoms with E-state index in [9.17, 15) is 4.79 Å². The van der Waals surface area contributed by atoms with Crippen molar-refractivity contribution in [3.63, 3.8) is 0 Å². The highest BCUT2D eigenvalue weighted by Gasteiger charge is 2.21. The number of amides is 1. The lowest BCUT2D eigenvalue weighted by Crippen LogP contribution is -2.49. The second-order valence-electron chi connectivity index (χ2n) is 5.22. The molecule has 0 radical (unpaired) electrons. The molecule has 0 unspecified atom stereocenters. The molecule has 0 spiro atoms. The Morgan fingerprint density at radius 2 is 1.63 bits per heavy atom. The first-order valence-corrected chi connectivity index (χ1v) is 7.23. The van der Waals surface area contributed by atoms with Crippen LogP contribution in [-0.2, 0) is 4.79 Å². The van der Waals surface area contributed by atoms with Crippen LogP contribution in [-0.4, -0.2) is 42.9 Å². The zero-order valence-electron chi connectivity index (χ0n) is 11.9. The van der Waals surface area contributed by atoms with E-state index in [0.29, 0.717) is 0 Å². The highest BCUT2D eigenvalue weighted by atomic mass is 35.5. The van der Waals surface area contributed by atoms with Gasteiger partial charge in [0.25, 0.3) is 0 Å². The molecule has 0 aliphatic carbocycles. The Bertz CT molecular complexity index is 479. The van der Waals surface area contributed by atoms with Crippen molar-refractivity contribution in [3.05, 3.63) is 28.8 Å². The molecular weight excluding hydrogens is 260 g/mol. The molecule has 1 saturated heterocycles. The summed E-state index contributed by atoms with van der Waals surface area (Å²) in [5, 5.41) is 0. The molecule has 1 aromatic carbocycles. The molecule has 104 valence electrons. The van der Waals surface area contributed by atoms with E-state index in [-0.39, 0.29) is 11.8 Å². The number of anilines is 1. The van der Waals surface area contributed by atoms with Crippen LogP contribution in [0.4, 0.5) is 5.69 Å². The Labute approximate surface area is 120 Å². The number of hydrogen-bond donors (Lipinski definition) is 0. The van der Waals surface area contributed by atoms with Crippen LogP contribution >= 0.6 is 11.6 Å². The Morgan fingerprint density at radius 1 is 1.05 bits per heavy atom. The van der Waals surface area contributed by atoms with Gasteiger partial charge in [-0.2, -0.15) is 0 Å². The van der Waals surface area contributed by atoms with Gasteiger partial charge < -0.3 is 9.80 Å². The Kier molecular flexibility index (Phi) is 4.35. The first-order chi connectivity index (χ1) is 9.02. The van der Waals surface area contributed by atoms with E-state index in [2.05, 4.69) is 37.8 Å². The normalized spacial score (nSPS) is 15.8. The van der Waals surface area contributed by atoms with Crippen LogP contribution in [0.15, 0.2) is 12.1 Å². The van der Waals surface area contributed by atoms with E-state index >= 15 is 0 Å². The van der Waals surface area contributed by atoms with Gasteiger partial charge in [-0.15, -0.1) is 11.6 Å². The third kappa shape index (κ3) is 3.03. The number of rotatable bonds is 2. The average Bonchev–Trinajstić information content (AvgIpc) is 2.42. The number of aryl methyl sites for hydroxylation is 3. The van der Waals surface area contributed by atoms with Crippen molar-refractivity contribution in [1.82, 2.24) is 4.90 Å². The monoisotopic (exact) mass is 280 g/mol. The molecular formula is C15H21ClN2O. The molecule has 1 aliphatic heterocycles. The predicted molar refractivity (Wildman–Crippen MR) is 80.2 cm³/mol. The van der Waals surface area contributed by atoms with Gasteiger partial charge in [0.2, 0.25) is 5.91 Å². The van der Waals surface area contributed by atoms with Gasteiger partial charge in [0.15, 0.2) is 0 Å². The lowest BCUT2D eigenvalue weighted by molar-refractivity contribution is -0.128. The van der Waals surface area contributed by atoms with E-state index in [0.717, 1.165) is 26.2 Å². The summed E-state index contributed by atoms with van der Waals surface area (Å²) in [6.07, 6.45) is 0. The predicted octanol–water partition coefficient (Wildman–Crippen LogP) is 2.50. The summed E-state index contributed by atoms with van der Waals surface area (Å²) >= 11 is 5.60. The van der Waals surface area contributed by atoms with Gasteiger partial charge >= 0.3 is 0 Å². The number of carbonyl (C=O) groups is 1. The molecule has 0 bridgehead atoms. The van der Waals surface area contributed by atoms with Crippen molar-refractivity contribution >= 4 is 23.2 Å². The second-order valence-corrected chi connectivity index (χ2v) is 5.49. The Morgan fingerprint density at radius 3 is 2.21 bits per heavy atom. The van der Waals surface area contributed by atoms with Crippen LogP contribution in [0.5, 0.6) is 0 Å². The SMILES string of the molecule is Cc1cc(C)c(N2CCN(C(=O)CCl)CC2)cc1C. The topological polar surface area (TPSA) is 23.6 Å². The summed E-state index contributed by atoms with van der Waals surface area (Å²) in [6.45, 7) is 9.72. The van der Waals surface area contributed by atoms with Crippen LogP contribution in [0.2, 0.25) is 0 Å². The van der Waals surface area contributed by atoms with Crippen molar-refractivity contribution < 1.29 is 4.79 Å². The van der Waals surface area contributed by atoms with Gasteiger partial charge in [-0.05, 0) is 43.5 Å². The molecule has 1 amide bonds. The molecule has 1 heterocycles. The van der Waals surface area contributed by atoms with Gasteiger partial charge in [0.05, 0.1) is 0 Å². The summed E-state index contributed by atoms with van der Waals surface area (Å²) in [6, 6.07) is 4.49. The lowest BCUT2D eigenvalue weighted by atomic mass is 10.0. The first-order valence-electron chi connectivity index (χ1n) is 6.69. The van der Waals surface area contributed by atoms with Crippen LogP contribution in [0.3, 0.4) is 0 Å². The van der Waals surface area contributed by atoms with Crippen molar-refractivity contribution in [1.29, 1.82) is 0 Å². The molecule has 0 N–H and O–H groups in total. The molecule has 0 saturated carbocycles. The minimum Gasteiger partial charge on any atom is -0.368 e. The van der Waals surface area contributed by atoms with E-state index < -0.39 is 0 Å². The smallest absolute Gasteiger partial charge is 0.237 e. The minimum absolute atomic E-state index is 0.0399. The van der Waals surface area contributed by atoms with Crippen LogP contribution < -0.4 is 4.90 Å². The number of carbonyl (C=O) groups excluding carboxylic acids is 1. The van der Waals surface area contributed by atoms with Crippen LogP contribution in [0.25, 0.3) is 0 Å². The van der Waals surface area contributed by atoms with Crippen molar-refractivity contribution in [2.45, 2.75) is 20.8 Å². The summed E-state index contributed by atoms with van der Waals surface area (Å²) in [4.78, 5) is 15.8. The summed E-state index contributed by atoms with van der Waals surface area (Å²) in [7, 11) is 0. The molecule has 0 atom stereocenters. The summed E-state index contributed by atoms with van der Waals surface area (Å²) in [5.41, 5.74) is 5.25. The standard InChI is InChI=1S/C15H21ClN2O/c1-11-8-13(3)14(9-12(11)2)17-4-6-18(7-5-17)15(19)10-16/h8-9H,4-7,10H2,1-3H3. The fourth-order valence-electron chi connectivity index (χ4n) is 2.57. The van der Waals surface area contributed by atoms with Gasteiger partial charge in [0.1, 0.15) is 5.88 Å². The summed E-state index contributed by atoms with van der Waals surface area (Å²) in [5.74, 6) is 0.126. The van der Waals surface area contributed by atoms with E-state index in [1.807, 2.05) is 4.90 Å². The van der Waals surface area contributed by atoms with Crippen molar-refractivity contribution in [3.8, 4) is 0 Å². The van der Waals surface area contributed by atoms with Gasteiger partial charge in [-0.1, -0.05) is 6.07 Å². The van der Waals surface area contributed by atoms with E-state index in [1.54, 1.807) is 0 Å². The van der Waals surface area contributed by atoms with Crippen molar-refractivity contribution in [2.75, 3.05) is 37.0 Å². The average molecular weight is 281 g/mol. The Hall–Kier alpha value is -1.22. The largest absolute Gasteiger partial charge is 0.368 e. The van der Waals surface area contributed by atoms with Crippen LogP contribution in [0, 0.1) is 20.8 Å².